The topological polar surface area (TPSA) is 32.3 Å². The standard InChI is InChI=1S/C13H19NO.ClH/c1-10-5-3-4-6-12(10)13(2)9-11(15)7-8-14-13;/h3-6,11,14-15H,7-9H2,1-2H3;1H. The van der Waals surface area contributed by atoms with Crippen LogP contribution in [-0.4, -0.2) is 17.8 Å². The Morgan fingerprint density at radius 2 is 2.06 bits per heavy atom. The van der Waals surface area contributed by atoms with Crippen LogP contribution in [0.25, 0.3) is 0 Å². The second kappa shape index (κ2) is 5.17. The van der Waals surface area contributed by atoms with Crippen molar-refractivity contribution >= 4 is 12.4 Å². The lowest BCUT2D eigenvalue weighted by Crippen LogP contribution is -2.48. The van der Waals surface area contributed by atoms with Gasteiger partial charge in [0.2, 0.25) is 0 Å². The molecular formula is C13H20ClNO. The van der Waals surface area contributed by atoms with Crippen LogP contribution < -0.4 is 5.32 Å². The predicted octanol–water partition coefficient (Wildman–Crippen LogP) is 2.38. The van der Waals surface area contributed by atoms with Crippen molar-refractivity contribution in [3.05, 3.63) is 35.4 Å². The van der Waals surface area contributed by atoms with Gasteiger partial charge in [-0.3, -0.25) is 0 Å². The minimum atomic E-state index is -0.171. The molecule has 2 atom stereocenters. The summed E-state index contributed by atoms with van der Waals surface area (Å²) in [6.45, 7) is 5.20. The maximum absolute atomic E-state index is 9.76. The van der Waals surface area contributed by atoms with Gasteiger partial charge in [0.05, 0.1) is 6.10 Å². The van der Waals surface area contributed by atoms with Crippen molar-refractivity contribution in [2.45, 2.75) is 38.3 Å². The zero-order valence-corrected chi connectivity index (χ0v) is 10.7. The lowest BCUT2D eigenvalue weighted by Gasteiger charge is -2.39. The average Bonchev–Trinajstić information content (AvgIpc) is 2.17. The van der Waals surface area contributed by atoms with Gasteiger partial charge in [-0.15, -0.1) is 12.4 Å². The van der Waals surface area contributed by atoms with Gasteiger partial charge in [0.15, 0.2) is 0 Å². The molecule has 2 N–H and O–H groups in total. The largest absolute Gasteiger partial charge is 0.393 e. The van der Waals surface area contributed by atoms with Crippen molar-refractivity contribution in [3.63, 3.8) is 0 Å². The van der Waals surface area contributed by atoms with E-state index in [2.05, 4.69) is 43.4 Å². The van der Waals surface area contributed by atoms with E-state index >= 15 is 0 Å². The molecule has 1 aromatic carbocycles. The molecule has 0 spiro atoms. The van der Waals surface area contributed by atoms with Crippen LogP contribution in [0, 0.1) is 6.92 Å². The van der Waals surface area contributed by atoms with Crippen molar-refractivity contribution in [1.82, 2.24) is 5.32 Å². The Morgan fingerprint density at radius 1 is 1.38 bits per heavy atom. The number of rotatable bonds is 1. The van der Waals surface area contributed by atoms with E-state index < -0.39 is 0 Å². The van der Waals surface area contributed by atoms with Gasteiger partial charge in [0.1, 0.15) is 0 Å². The lowest BCUT2D eigenvalue weighted by atomic mass is 9.81. The molecule has 0 aromatic heterocycles. The molecule has 16 heavy (non-hydrogen) atoms. The molecule has 3 heteroatoms. The Kier molecular flexibility index (Phi) is 4.36. The molecule has 0 radical (unpaired) electrons. The monoisotopic (exact) mass is 241 g/mol. The Morgan fingerprint density at radius 3 is 2.69 bits per heavy atom. The van der Waals surface area contributed by atoms with Crippen molar-refractivity contribution in [2.75, 3.05) is 6.54 Å². The van der Waals surface area contributed by atoms with E-state index in [1.807, 2.05) is 0 Å². The van der Waals surface area contributed by atoms with E-state index in [1.54, 1.807) is 0 Å². The van der Waals surface area contributed by atoms with Crippen molar-refractivity contribution in [3.8, 4) is 0 Å². The number of piperidine rings is 1. The summed E-state index contributed by atoms with van der Waals surface area (Å²) in [4.78, 5) is 0. The zero-order valence-electron chi connectivity index (χ0n) is 9.86. The van der Waals surface area contributed by atoms with Gasteiger partial charge in [-0.1, -0.05) is 24.3 Å². The molecule has 1 fully saturated rings. The quantitative estimate of drug-likeness (QED) is 0.791. The molecule has 1 aromatic rings. The minimum Gasteiger partial charge on any atom is -0.393 e. The first-order chi connectivity index (χ1) is 7.12. The molecule has 0 aliphatic carbocycles. The number of benzene rings is 1. The van der Waals surface area contributed by atoms with Crippen LogP contribution in [0.4, 0.5) is 0 Å². The Bertz CT molecular complexity index is 356. The predicted molar refractivity (Wildman–Crippen MR) is 69.0 cm³/mol. The summed E-state index contributed by atoms with van der Waals surface area (Å²) in [5.41, 5.74) is 2.54. The molecule has 1 saturated heterocycles. The number of hydrogen-bond donors (Lipinski definition) is 2. The van der Waals surface area contributed by atoms with Crippen molar-refractivity contribution in [1.29, 1.82) is 0 Å². The maximum atomic E-state index is 9.76. The third-order valence-corrected chi connectivity index (χ3v) is 3.38. The Labute approximate surface area is 103 Å². The highest BCUT2D eigenvalue weighted by Gasteiger charge is 2.33. The smallest absolute Gasteiger partial charge is 0.0573 e. The number of nitrogens with one attached hydrogen (secondary N) is 1. The normalized spacial score (nSPS) is 29.6. The first-order valence-electron chi connectivity index (χ1n) is 5.61. The van der Waals surface area contributed by atoms with Crippen LogP contribution in [0.5, 0.6) is 0 Å². The van der Waals surface area contributed by atoms with E-state index in [1.165, 1.54) is 11.1 Å². The number of halogens is 1. The van der Waals surface area contributed by atoms with Gasteiger partial charge < -0.3 is 10.4 Å². The molecule has 1 aliphatic heterocycles. The fourth-order valence-corrected chi connectivity index (χ4v) is 2.56. The first-order valence-corrected chi connectivity index (χ1v) is 5.61. The second-order valence-corrected chi connectivity index (χ2v) is 4.72. The van der Waals surface area contributed by atoms with Crippen molar-refractivity contribution < 1.29 is 5.11 Å². The van der Waals surface area contributed by atoms with Crippen LogP contribution in [0.15, 0.2) is 24.3 Å². The molecule has 1 aliphatic rings. The summed E-state index contributed by atoms with van der Waals surface area (Å²) < 4.78 is 0. The SMILES string of the molecule is Cc1ccccc1C1(C)CC(O)CCN1.Cl. The second-order valence-electron chi connectivity index (χ2n) is 4.72. The van der Waals surface area contributed by atoms with Gasteiger partial charge in [-0.25, -0.2) is 0 Å². The highest BCUT2D eigenvalue weighted by atomic mass is 35.5. The first kappa shape index (κ1) is 13.5. The van der Waals surface area contributed by atoms with E-state index in [0.717, 1.165) is 19.4 Å². The summed E-state index contributed by atoms with van der Waals surface area (Å²) in [5.74, 6) is 0. The fraction of sp³-hybridized carbons (Fsp3) is 0.538. The van der Waals surface area contributed by atoms with E-state index in [4.69, 9.17) is 0 Å². The maximum Gasteiger partial charge on any atom is 0.0573 e. The van der Waals surface area contributed by atoms with Crippen LogP contribution >= 0.6 is 12.4 Å². The number of aryl methyl sites for hydroxylation is 1. The summed E-state index contributed by atoms with van der Waals surface area (Å²) >= 11 is 0. The molecule has 2 nitrogen and oxygen atoms in total. The van der Waals surface area contributed by atoms with Gasteiger partial charge >= 0.3 is 0 Å². The van der Waals surface area contributed by atoms with Gasteiger partial charge in [-0.2, -0.15) is 0 Å². The molecule has 2 rings (SSSR count). The van der Waals surface area contributed by atoms with E-state index in [-0.39, 0.29) is 24.0 Å². The molecule has 0 bridgehead atoms. The molecule has 2 unspecified atom stereocenters. The average molecular weight is 242 g/mol. The lowest BCUT2D eigenvalue weighted by molar-refractivity contribution is 0.0833. The van der Waals surface area contributed by atoms with Gasteiger partial charge in [-0.05, 0) is 44.4 Å². The van der Waals surface area contributed by atoms with Crippen LogP contribution in [0.3, 0.4) is 0 Å². The summed E-state index contributed by atoms with van der Waals surface area (Å²) in [6, 6.07) is 8.40. The third kappa shape index (κ3) is 2.57. The Hall–Kier alpha value is -0.570. The van der Waals surface area contributed by atoms with Crippen LogP contribution in [0.1, 0.15) is 30.9 Å². The molecule has 90 valence electrons. The zero-order chi connectivity index (χ0) is 10.9. The highest BCUT2D eigenvalue weighted by Crippen LogP contribution is 2.31. The van der Waals surface area contributed by atoms with Gasteiger partial charge in [0.25, 0.3) is 0 Å². The highest BCUT2D eigenvalue weighted by molar-refractivity contribution is 5.85. The fourth-order valence-electron chi connectivity index (χ4n) is 2.56. The van der Waals surface area contributed by atoms with Crippen molar-refractivity contribution in [2.24, 2.45) is 0 Å². The third-order valence-electron chi connectivity index (χ3n) is 3.38. The Balaban J connectivity index is 0.00000128. The summed E-state index contributed by atoms with van der Waals surface area (Å²) in [5, 5.41) is 13.3. The molecule has 0 amide bonds. The number of hydrogen-bond acceptors (Lipinski definition) is 2. The minimum absolute atomic E-state index is 0. The van der Waals surface area contributed by atoms with E-state index in [9.17, 15) is 5.11 Å². The van der Waals surface area contributed by atoms with Gasteiger partial charge in [0, 0.05) is 5.54 Å². The van der Waals surface area contributed by atoms with Crippen LogP contribution in [-0.2, 0) is 5.54 Å². The molecular weight excluding hydrogens is 222 g/mol. The van der Waals surface area contributed by atoms with E-state index in [0.29, 0.717) is 0 Å². The van der Waals surface area contributed by atoms with Crippen LogP contribution in [0.2, 0.25) is 0 Å². The molecule has 1 heterocycles. The summed E-state index contributed by atoms with van der Waals surface area (Å²) in [6.07, 6.45) is 1.50. The number of aliphatic hydroxyl groups excluding tert-OH is 1. The summed E-state index contributed by atoms with van der Waals surface area (Å²) in [7, 11) is 0. The number of aliphatic hydroxyl groups is 1. The molecule has 0 saturated carbocycles.